The van der Waals surface area contributed by atoms with Gasteiger partial charge in [0, 0.05) is 17.8 Å². The molecule has 1 aliphatic rings. The maximum absolute atomic E-state index is 12.4. The smallest absolute Gasteiger partial charge is 0.252 e. The Balaban J connectivity index is 1.81. The van der Waals surface area contributed by atoms with Gasteiger partial charge in [0.1, 0.15) is 5.76 Å². The number of carbonyl (C=O) groups is 1. The lowest BCUT2D eigenvalue weighted by atomic mass is 9.97. The molecule has 1 unspecified atom stereocenters. The maximum atomic E-state index is 12.4. The van der Waals surface area contributed by atoms with Crippen LogP contribution in [0.2, 0.25) is 0 Å². The number of benzene rings is 1. The molecule has 1 atom stereocenters. The molecule has 0 radical (unpaired) electrons. The number of carbonyl (C=O) groups excluding carboxylic acids is 1. The fourth-order valence-electron chi connectivity index (χ4n) is 2.61. The molecule has 4 nitrogen and oxygen atoms in total. The van der Waals surface area contributed by atoms with Gasteiger partial charge in [-0.1, -0.05) is 6.07 Å². The average molecular weight is 270 g/mol. The van der Waals surface area contributed by atoms with Crippen LogP contribution < -0.4 is 10.6 Å². The van der Waals surface area contributed by atoms with Crippen molar-refractivity contribution in [3.05, 3.63) is 53.5 Å². The van der Waals surface area contributed by atoms with Crippen molar-refractivity contribution in [3.63, 3.8) is 0 Å². The Bertz CT molecular complexity index is 605. The van der Waals surface area contributed by atoms with Gasteiger partial charge in [-0.2, -0.15) is 0 Å². The molecule has 2 aromatic rings. The SMILES string of the molecule is CC(NC(=O)c1cccc2c1CCCN2)c1ccco1. The lowest BCUT2D eigenvalue weighted by Gasteiger charge is -2.21. The maximum Gasteiger partial charge on any atom is 0.252 e. The van der Waals surface area contributed by atoms with E-state index in [1.165, 1.54) is 0 Å². The summed E-state index contributed by atoms with van der Waals surface area (Å²) in [7, 11) is 0. The summed E-state index contributed by atoms with van der Waals surface area (Å²) in [5.41, 5.74) is 2.95. The van der Waals surface area contributed by atoms with Gasteiger partial charge >= 0.3 is 0 Å². The van der Waals surface area contributed by atoms with Gasteiger partial charge in [0.2, 0.25) is 0 Å². The molecule has 1 aromatic heterocycles. The van der Waals surface area contributed by atoms with Crippen molar-refractivity contribution < 1.29 is 9.21 Å². The second-order valence-corrected chi connectivity index (χ2v) is 5.07. The van der Waals surface area contributed by atoms with Crippen LogP contribution in [0, 0.1) is 0 Å². The molecule has 20 heavy (non-hydrogen) atoms. The Morgan fingerprint density at radius 3 is 3.05 bits per heavy atom. The van der Waals surface area contributed by atoms with Crippen LogP contribution in [0.15, 0.2) is 41.0 Å². The summed E-state index contributed by atoms with van der Waals surface area (Å²) < 4.78 is 5.32. The molecule has 2 heterocycles. The third-order valence-corrected chi connectivity index (χ3v) is 3.66. The van der Waals surface area contributed by atoms with Crippen molar-refractivity contribution in [2.45, 2.75) is 25.8 Å². The molecular weight excluding hydrogens is 252 g/mol. The average Bonchev–Trinajstić information content (AvgIpc) is 3.01. The van der Waals surface area contributed by atoms with Crippen molar-refractivity contribution >= 4 is 11.6 Å². The van der Waals surface area contributed by atoms with E-state index in [0.29, 0.717) is 0 Å². The van der Waals surface area contributed by atoms with Crippen molar-refractivity contribution in [2.75, 3.05) is 11.9 Å². The molecule has 0 saturated carbocycles. The van der Waals surface area contributed by atoms with Crippen molar-refractivity contribution in [2.24, 2.45) is 0 Å². The molecule has 0 saturated heterocycles. The lowest BCUT2D eigenvalue weighted by molar-refractivity contribution is 0.0934. The highest BCUT2D eigenvalue weighted by Crippen LogP contribution is 2.25. The van der Waals surface area contributed by atoms with E-state index in [-0.39, 0.29) is 11.9 Å². The summed E-state index contributed by atoms with van der Waals surface area (Å²) in [6.45, 7) is 2.89. The number of amides is 1. The normalized spacial score (nSPS) is 15.1. The molecular formula is C16H18N2O2. The molecule has 0 fully saturated rings. The van der Waals surface area contributed by atoms with Crippen LogP contribution in [0.4, 0.5) is 5.69 Å². The summed E-state index contributed by atoms with van der Waals surface area (Å²) in [6, 6.07) is 9.39. The fraction of sp³-hybridized carbons (Fsp3) is 0.312. The van der Waals surface area contributed by atoms with Crippen LogP contribution in [0.1, 0.15) is 41.1 Å². The number of fused-ring (bicyclic) bond motifs is 1. The molecule has 0 aliphatic carbocycles. The third kappa shape index (κ3) is 2.41. The molecule has 1 amide bonds. The van der Waals surface area contributed by atoms with Gasteiger partial charge in [-0.3, -0.25) is 4.79 Å². The van der Waals surface area contributed by atoms with E-state index >= 15 is 0 Å². The van der Waals surface area contributed by atoms with E-state index < -0.39 is 0 Å². The van der Waals surface area contributed by atoms with Crippen molar-refractivity contribution in [1.29, 1.82) is 0 Å². The van der Waals surface area contributed by atoms with E-state index in [4.69, 9.17) is 4.42 Å². The zero-order chi connectivity index (χ0) is 13.9. The lowest BCUT2D eigenvalue weighted by Crippen LogP contribution is -2.28. The monoisotopic (exact) mass is 270 g/mol. The minimum absolute atomic E-state index is 0.0468. The molecule has 0 spiro atoms. The Hall–Kier alpha value is -2.23. The Labute approximate surface area is 118 Å². The van der Waals surface area contributed by atoms with Crippen LogP contribution in [0.25, 0.3) is 0 Å². The quantitative estimate of drug-likeness (QED) is 0.901. The molecule has 104 valence electrons. The van der Waals surface area contributed by atoms with Crippen LogP contribution in [0.5, 0.6) is 0 Å². The predicted molar refractivity (Wildman–Crippen MR) is 77.8 cm³/mol. The molecule has 2 N–H and O–H groups in total. The van der Waals surface area contributed by atoms with Gasteiger partial charge in [0.05, 0.1) is 12.3 Å². The van der Waals surface area contributed by atoms with Gasteiger partial charge < -0.3 is 15.1 Å². The first-order valence-corrected chi connectivity index (χ1v) is 6.96. The first-order chi connectivity index (χ1) is 9.75. The number of rotatable bonds is 3. The standard InChI is InChI=1S/C16H18N2O2/c1-11(15-8-4-10-20-15)18-16(19)13-5-2-7-14-12(13)6-3-9-17-14/h2,4-5,7-8,10-11,17H,3,6,9H2,1H3,(H,18,19). The molecule has 1 aromatic carbocycles. The highest BCUT2D eigenvalue weighted by molar-refractivity contribution is 5.97. The van der Waals surface area contributed by atoms with Crippen LogP contribution in [0.3, 0.4) is 0 Å². The van der Waals surface area contributed by atoms with Gasteiger partial charge in [-0.05, 0) is 49.6 Å². The zero-order valence-electron chi connectivity index (χ0n) is 11.5. The summed E-state index contributed by atoms with van der Waals surface area (Å²) >= 11 is 0. The van der Waals surface area contributed by atoms with E-state index in [1.54, 1.807) is 6.26 Å². The molecule has 3 rings (SSSR count). The summed E-state index contributed by atoms with van der Waals surface area (Å²) in [5.74, 6) is 0.718. The summed E-state index contributed by atoms with van der Waals surface area (Å²) in [6.07, 6.45) is 3.62. The number of hydrogen-bond acceptors (Lipinski definition) is 3. The fourth-order valence-corrected chi connectivity index (χ4v) is 2.61. The van der Waals surface area contributed by atoms with Gasteiger partial charge in [0.25, 0.3) is 5.91 Å². The Morgan fingerprint density at radius 2 is 2.25 bits per heavy atom. The van der Waals surface area contributed by atoms with Crippen molar-refractivity contribution in [1.82, 2.24) is 5.32 Å². The van der Waals surface area contributed by atoms with E-state index in [2.05, 4.69) is 10.6 Å². The zero-order valence-corrected chi connectivity index (χ0v) is 11.5. The summed E-state index contributed by atoms with van der Waals surface area (Å²) in [4.78, 5) is 12.4. The highest BCUT2D eigenvalue weighted by atomic mass is 16.3. The van der Waals surface area contributed by atoms with E-state index in [0.717, 1.165) is 42.0 Å². The van der Waals surface area contributed by atoms with E-state index in [9.17, 15) is 4.79 Å². The van der Waals surface area contributed by atoms with Crippen LogP contribution in [-0.2, 0) is 6.42 Å². The van der Waals surface area contributed by atoms with E-state index in [1.807, 2.05) is 37.3 Å². The van der Waals surface area contributed by atoms with Gasteiger partial charge in [0.15, 0.2) is 0 Å². The minimum atomic E-state index is -0.134. The number of anilines is 1. The Morgan fingerprint density at radius 1 is 1.35 bits per heavy atom. The predicted octanol–water partition coefficient (Wildman–Crippen LogP) is 3.13. The number of hydrogen-bond donors (Lipinski definition) is 2. The number of furan rings is 1. The largest absolute Gasteiger partial charge is 0.467 e. The third-order valence-electron chi connectivity index (χ3n) is 3.66. The summed E-state index contributed by atoms with van der Waals surface area (Å²) in [5, 5.41) is 6.33. The van der Waals surface area contributed by atoms with Gasteiger partial charge in [-0.25, -0.2) is 0 Å². The van der Waals surface area contributed by atoms with Crippen LogP contribution in [-0.4, -0.2) is 12.5 Å². The molecule has 1 aliphatic heterocycles. The first kappa shape index (κ1) is 12.8. The number of nitrogens with one attached hydrogen (secondary N) is 2. The second-order valence-electron chi connectivity index (χ2n) is 5.07. The van der Waals surface area contributed by atoms with Gasteiger partial charge in [-0.15, -0.1) is 0 Å². The topological polar surface area (TPSA) is 54.3 Å². The second kappa shape index (κ2) is 5.41. The molecule has 0 bridgehead atoms. The Kier molecular flexibility index (Phi) is 3.46. The van der Waals surface area contributed by atoms with Crippen molar-refractivity contribution in [3.8, 4) is 0 Å². The van der Waals surface area contributed by atoms with Crippen LogP contribution >= 0.6 is 0 Å². The highest BCUT2D eigenvalue weighted by Gasteiger charge is 2.19. The minimum Gasteiger partial charge on any atom is -0.467 e. The molecule has 4 heteroatoms. The first-order valence-electron chi connectivity index (χ1n) is 6.96.